The highest BCUT2D eigenvalue weighted by Gasteiger charge is 2.11. The molecular formula is C15H23BrN2O2. The molecule has 4 nitrogen and oxygen atoms in total. The Balaban J connectivity index is 0.000000246. The molecule has 1 N–H and O–H groups in total. The number of rotatable bonds is 2. The summed E-state index contributed by atoms with van der Waals surface area (Å²) in [6, 6.07) is 8.39. The van der Waals surface area contributed by atoms with Gasteiger partial charge in [0.05, 0.1) is 5.69 Å². The van der Waals surface area contributed by atoms with Crippen molar-refractivity contribution in [1.29, 1.82) is 0 Å². The second kappa shape index (κ2) is 8.27. The fourth-order valence-electron chi connectivity index (χ4n) is 1.76. The van der Waals surface area contributed by atoms with Crippen LogP contribution in [0.1, 0.15) is 20.8 Å². The van der Waals surface area contributed by atoms with Gasteiger partial charge in [-0.1, -0.05) is 12.1 Å². The fourth-order valence-corrected chi connectivity index (χ4v) is 2.29. The SMILES string of the molecule is Brc1ccccc1N1CCNCC1.CC(C)(C)OC=O. The van der Waals surface area contributed by atoms with Gasteiger partial charge >= 0.3 is 0 Å². The number of piperazine rings is 1. The van der Waals surface area contributed by atoms with Gasteiger partial charge in [-0.05, 0) is 48.8 Å². The number of nitrogens with one attached hydrogen (secondary N) is 1. The van der Waals surface area contributed by atoms with Crippen molar-refractivity contribution in [2.45, 2.75) is 26.4 Å². The molecule has 0 unspecified atom stereocenters. The van der Waals surface area contributed by atoms with Gasteiger partial charge in [-0.15, -0.1) is 0 Å². The molecule has 0 spiro atoms. The van der Waals surface area contributed by atoms with E-state index >= 15 is 0 Å². The summed E-state index contributed by atoms with van der Waals surface area (Å²) < 4.78 is 5.74. The second-order valence-corrected chi connectivity index (χ2v) is 6.37. The molecular weight excluding hydrogens is 320 g/mol. The van der Waals surface area contributed by atoms with Crippen LogP contribution in [0.5, 0.6) is 0 Å². The Hall–Kier alpha value is -1.07. The van der Waals surface area contributed by atoms with Gasteiger partial charge in [-0.2, -0.15) is 0 Å². The van der Waals surface area contributed by atoms with Crippen molar-refractivity contribution in [2.24, 2.45) is 0 Å². The molecule has 1 aromatic carbocycles. The molecule has 0 radical (unpaired) electrons. The minimum atomic E-state index is -0.318. The van der Waals surface area contributed by atoms with Crippen molar-refractivity contribution < 1.29 is 9.53 Å². The molecule has 1 aromatic rings. The van der Waals surface area contributed by atoms with Gasteiger partial charge in [0.2, 0.25) is 0 Å². The number of halogens is 1. The number of carbonyl (C=O) groups excluding carboxylic acids is 1. The van der Waals surface area contributed by atoms with Gasteiger partial charge in [0.1, 0.15) is 5.60 Å². The molecule has 1 saturated heterocycles. The summed E-state index contributed by atoms with van der Waals surface area (Å²) in [6.07, 6.45) is 0. The minimum Gasteiger partial charge on any atom is -0.462 e. The Bertz CT molecular complexity index is 413. The lowest BCUT2D eigenvalue weighted by molar-refractivity contribution is -0.138. The topological polar surface area (TPSA) is 41.6 Å². The van der Waals surface area contributed by atoms with E-state index in [0.717, 1.165) is 26.2 Å². The lowest BCUT2D eigenvalue weighted by atomic mass is 10.2. The second-order valence-electron chi connectivity index (χ2n) is 5.51. The molecule has 112 valence electrons. The van der Waals surface area contributed by atoms with Gasteiger partial charge in [0, 0.05) is 30.7 Å². The summed E-state index contributed by atoms with van der Waals surface area (Å²) in [5.74, 6) is 0. The van der Waals surface area contributed by atoms with Crippen LogP contribution in [0.15, 0.2) is 28.7 Å². The Kier molecular flexibility index (Phi) is 7.02. The maximum Gasteiger partial charge on any atom is 0.293 e. The van der Waals surface area contributed by atoms with Gasteiger partial charge < -0.3 is 15.0 Å². The van der Waals surface area contributed by atoms with E-state index in [4.69, 9.17) is 0 Å². The molecule has 0 aliphatic carbocycles. The first-order valence-electron chi connectivity index (χ1n) is 6.76. The maximum absolute atomic E-state index is 9.60. The number of anilines is 1. The molecule has 5 heteroatoms. The molecule has 2 rings (SSSR count). The third-order valence-electron chi connectivity index (χ3n) is 2.71. The first-order chi connectivity index (χ1) is 9.44. The predicted molar refractivity (Wildman–Crippen MR) is 86.1 cm³/mol. The van der Waals surface area contributed by atoms with E-state index in [-0.39, 0.29) is 5.60 Å². The van der Waals surface area contributed by atoms with Crippen LogP contribution in [0.4, 0.5) is 5.69 Å². The molecule has 20 heavy (non-hydrogen) atoms. The van der Waals surface area contributed by atoms with Crippen LogP contribution < -0.4 is 10.2 Å². The van der Waals surface area contributed by atoms with Gasteiger partial charge in [-0.3, -0.25) is 4.79 Å². The van der Waals surface area contributed by atoms with Crippen molar-refractivity contribution in [3.63, 3.8) is 0 Å². The van der Waals surface area contributed by atoms with Crippen molar-refractivity contribution in [2.75, 3.05) is 31.1 Å². The van der Waals surface area contributed by atoms with Crippen LogP contribution in [0.25, 0.3) is 0 Å². The molecule has 1 heterocycles. The summed E-state index contributed by atoms with van der Waals surface area (Å²) in [7, 11) is 0. The number of hydrogen-bond donors (Lipinski definition) is 1. The Morgan fingerprint density at radius 3 is 2.30 bits per heavy atom. The number of carbonyl (C=O) groups is 1. The highest BCUT2D eigenvalue weighted by Crippen LogP contribution is 2.25. The minimum absolute atomic E-state index is 0.318. The van der Waals surface area contributed by atoms with Crippen LogP contribution in [-0.2, 0) is 9.53 Å². The summed E-state index contributed by atoms with van der Waals surface area (Å²) in [5.41, 5.74) is 0.992. The summed E-state index contributed by atoms with van der Waals surface area (Å²) in [5, 5.41) is 3.35. The summed E-state index contributed by atoms with van der Waals surface area (Å²) in [6.45, 7) is 10.3. The van der Waals surface area contributed by atoms with Crippen LogP contribution >= 0.6 is 15.9 Å². The van der Waals surface area contributed by atoms with E-state index in [1.165, 1.54) is 10.2 Å². The first kappa shape index (κ1) is 17.0. The predicted octanol–water partition coefficient (Wildman–Crippen LogP) is 2.82. The molecule has 0 amide bonds. The normalized spacial score (nSPS) is 15.1. The van der Waals surface area contributed by atoms with Gasteiger partial charge in [0.25, 0.3) is 6.47 Å². The lowest BCUT2D eigenvalue weighted by Gasteiger charge is -2.30. The molecule has 0 atom stereocenters. The summed E-state index contributed by atoms with van der Waals surface area (Å²) in [4.78, 5) is 12.0. The van der Waals surface area contributed by atoms with Crippen LogP contribution in [0.2, 0.25) is 0 Å². The molecule has 0 bridgehead atoms. The number of ether oxygens (including phenoxy) is 1. The molecule has 1 aliphatic rings. The Morgan fingerprint density at radius 1 is 1.25 bits per heavy atom. The average Bonchev–Trinajstić information content (AvgIpc) is 2.40. The smallest absolute Gasteiger partial charge is 0.293 e. The fraction of sp³-hybridized carbons (Fsp3) is 0.533. The van der Waals surface area contributed by atoms with E-state index in [2.05, 4.69) is 55.1 Å². The van der Waals surface area contributed by atoms with Crippen molar-refractivity contribution in [3.8, 4) is 0 Å². The largest absolute Gasteiger partial charge is 0.462 e. The molecule has 0 aromatic heterocycles. The third kappa shape index (κ3) is 6.39. The van der Waals surface area contributed by atoms with Gasteiger partial charge in [0.15, 0.2) is 0 Å². The molecule has 1 fully saturated rings. The Labute approximate surface area is 129 Å². The lowest BCUT2D eigenvalue weighted by Crippen LogP contribution is -2.43. The number of hydrogen-bond acceptors (Lipinski definition) is 4. The highest BCUT2D eigenvalue weighted by atomic mass is 79.9. The quantitative estimate of drug-likeness (QED) is 0.839. The first-order valence-corrected chi connectivity index (χ1v) is 7.55. The summed E-state index contributed by atoms with van der Waals surface area (Å²) >= 11 is 3.57. The van der Waals surface area contributed by atoms with Gasteiger partial charge in [-0.25, -0.2) is 0 Å². The Morgan fingerprint density at radius 2 is 1.85 bits per heavy atom. The van der Waals surface area contributed by atoms with E-state index < -0.39 is 0 Å². The molecule has 1 aliphatic heterocycles. The number of nitrogens with zero attached hydrogens (tertiary/aromatic N) is 1. The standard InChI is InChI=1S/C10H13BrN2.C5H10O2/c11-9-3-1-2-4-10(9)13-7-5-12-6-8-13;1-5(2,3)7-4-6/h1-4,12H,5-8H2;4H,1-3H3. The average molecular weight is 343 g/mol. The van der Waals surface area contributed by atoms with Crippen LogP contribution in [0.3, 0.4) is 0 Å². The highest BCUT2D eigenvalue weighted by molar-refractivity contribution is 9.10. The van der Waals surface area contributed by atoms with Crippen molar-refractivity contribution >= 4 is 28.1 Å². The van der Waals surface area contributed by atoms with Crippen LogP contribution in [0, 0.1) is 0 Å². The zero-order chi connectivity index (χ0) is 15.0. The third-order valence-corrected chi connectivity index (χ3v) is 3.38. The van der Waals surface area contributed by atoms with E-state index in [0.29, 0.717) is 6.47 Å². The number of benzene rings is 1. The van der Waals surface area contributed by atoms with E-state index in [1.54, 1.807) is 0 Å². The van der Waals surface area contributed by atoms with Crippen LogP contribution in [-0.4, -0.2) is 38.3 Å². The maximum atomic E-state index is 9.60. The monoisotopic (exact) mass is 342 g/mol. The zero-order valence-electron chi connectivity index (χ0n) is 12.4. The van der Waals surface area contributed by atoms with E-state index in [9.17, 15) is 4.79 Å². The van der Waals surface area contributed by atoms with Crippen molar-refractivity contribution in [1.82, 2.24) is 5.32 Å². The zero-order valence-corrected chi connectivity index (χ0v) is 13.9. The van der Waals surface area contributed by atoms with E-state index in [1.807, 2.05) is 20.8 Å². The molecule has 0 saturated carbocycles. The number of para-hydroxylation sites is 1. The van der Waals surface area contributed by atoms with Crippen molar-refractivity contribution in [3.05, 3.63) is 28.7 Å².